The van der Waals surface area contributed by atoms with Crippen LogP contribution in [0.3, 0.4) is 0 Å². The Bertz CT molecular complexity index is 877. The summed E-state index contributed by atoms with van der Waals surface area (Å²) in [5.74, 6) is 0.454. The van der Waals surface area contributed by atoms with Gasteiger partial charge in [-0.25, -0.2) is 0 Å². The highest BCUT2D eigenvalue weighted by Crippen LogP contribution is 2.43. The monoisotopic (exact) mass is 513 g/mol. The van der Waals surface area contributed by atoms with Crippen LogP contribution >= 0.6 is 23.2 Å². The van der Waals surface area contributed by atoms with Crippen LogP contribution in [0.2, 0.25) is 10.0 Å². The first-order chi connectivity index (χ1) is 16.4. The highest BCUT2D eigenvalue weighted by molar-refractivity contribution is 6.42. The Hall–Kier alpha value is -0.480. The molecule has 4 aliphatic rings. The molecule has 8 atom stereocenters. The fourth-order valence-electron chi connectivity index (χ4n) is 6.33. The molecule has 0 aromatic heterocycles. The predicted molar refractivity (Wildman–Crippen MR) is 132 cm³/mol. The Balaban J connectivity index is 1.37. The summed E-state index contributed by atoms with van der Waals surface area (Å²) in [7, 11) is 0. The van der Waals surface area contributed by atoms with Crippen LogP contribution in [0.4, 0.5) is 0 Å². The van der Waals surface area contributed by atoms with E-state index in [0.717, 1.165) is 50.1 Å². The normalized spacial score (nSPS) is 38.8. The minimum atomic E-state index is -1.05. The maximum Gasteiger partial charge on any atom is 0.141 e. The number of unbranched alkanes of at least 4 members (excludes halogenated alkanes) is 2. The lowest BCUT2D eigenvalue weighted by atomic mass is 9.92. The first-order valence-corrected chi connectivity index (χ1v) is 13.5. The molecule has 0 saturated carbocycles. The zero-order chi connectivity index (χ0) is 24.0. The van der Waals surface area contributed by atoms with Crippen LogP contribution in [0, 0.1) is 5.92 Å². The zero-order valence-electron chi connectivity index (χ0n) is 20.0. The van der Waals surface area contributed by atoms with Crippen LogP contribution in [-0.2, 0) is 15.9 Å². The van der Waals surface area contributed by atoms with Crippen molar-refractivity contribution in [2.75, 3.05) is 26.4 Å². The van der Waals surface area contributed by atoms with Crippen LogP contribution in [0.25, 0.3) is 0 Å². The summed E-state index contributed by atoms with van der Waals surface area (Å²) in [5.41, 5.74) is 1.93. The Kier molecular flexibility index (Phi) is 7.76. The van der Waals surface area contributed by atoms with Gasteiger partial charge in [-0.15, -0.1) is 0 Å². The Morgan fingerprint density at radius 1 is 1.15 bits per heavy atom. The number of hydrogen-bond donors (Lipinski definition) is 3. The first kappa shape index (κ1) is 25.2. The van der Waals surface area contributed by atoms with E-state index in [0.29, 0.717) is 28.6 Å². The number of ether oxygens (including phenoxy) is 2. The predicted octanol–water partition coefficient (Wildman–Crippen LogP) is 3.14. The lowest BCUT2D eigenvalue weighted by molar-refractivity contribution is -0.158. The van der Waals surface area contributed by atoms with Crippen LogP contribution in [0.1, 0.15) is 56.8 Å². The number of aliphatic hydroxyl groups is 2. The molecule has 0 spiro atoms. The van der Waals surface area contributed by atoms with Crippen LogP contribution in [0.5, 0.6) is 0 Å². The van der Waals surface area contributed by atoms with Gasteiger partial charge in [0.2, 0.25) is 0 Å². The van der Waals surface area contributed by atoms with Gasteiger partial charge in [-0.05, 0) is 49.4 Å². The highest BCUT2D eigenvalue weighted by Gasteiger charge is 2.55. The minimum Gasteiger partial charge on any atom is -0.387 e. The number of nitrogens with zero attached hydrogens (tertiary/aromatic N) is 2. The molecule has 3 unspecified atom stereocenters. The minimum absolute atomic E-state index is 0.187. The zero-order valence-corrected chi connectivity index (χ0v) is 21.5. The van der Waals surface area contributed by atoms with Crippen molar-refractivity contribution >= 4 is 23.2 Å². The molecule has 1 aromatic carbocycles. The highest BCUT2D eigenvalue weighted by atomic mass is 35.5. The van der Waals surface area contributed by atoms with E-state index in [4.69, 9.17) is 32.7 Å². The average molecular weight is 514 g/mol. The average Bonchev–Trinajstić information content (AvgIpc) is 3.38. The van der Waals surface area contributed by atoms with E-state index in [2.05, 4.69) is 29.0 Å². The molecule has 7 nitrogen and oxygen atoms in total. The van der Waals surface area contributed by atoms with Gasteiger partial charge in [-0.1, -0.05) is 43.0 Å². The van der Waals surface area contributed by atoms with Crippen LogP contribution in [0.15, 0.2) is 12.1 Å². The Morgan fingerprint density at radius 2 is 1.94 bits per heavy atom. The molecule has 0 radical (unpaired) electrons. The van der Waals surface area contributed by atoms with Gasteiger partial charge in [-0.2, -0.15) is 0 Å². The first-order valence-electron chi connectivity index (χ1n) is 12.7. The molecular formula is C25H37Cl2N3O4. The lowest BCUT2D eigenvalue weighted by Crippen LogP contribution is -2.63. The van der Waals surface area contributed by atoms with Gasteiger partial charge in [0.25, 0.3) is 0 Å². The van der Waals surface area contributed by atoms with Gasteiger partial charge in [0, 0.05) is 31.7 Å². The maximum atomic E-state index is 11.2. The van der Waals surface area contributed by atoms with E-state index in [9.17, 15) is 10.2 Å². The van der Waals surface area contributed by atoms with Crippen molar-refractivity contribution in [3.63, 3.8) is 0 Å². The van der Waals surface area contributed by atoms with E-state index in [1.54, 1.807) is 0 Å². The summed E-state index contributed by atoms with van der Waals surface area (Å²) in [6.45, 7) is 7.64. The topological polar surface area (TPSA) is 77.4 Å². The second-order valence-corrected chi connectivity index (χ2v) is 11.1. The third kappa shape index (κ3) is 4.53. The molecule has 3 N–H and O–H groups in total. The number of hydrogen-bond acceptors (Lipinski definition) is 7. The molecule has 0 amide bonds. The van der Waals surface area contributed by atoms with Gasteiger partial charge in [0.05, 0.1) is 22.8 Å². The fourth-order valence-corrected chi connectivity index (χ4v) is 6.68. The molecule has 34 heavy (non-hydrogen) atoms. The second kappa shape index (κ2) is 10.5. The van der Waals surface area contributed by atoms with Gasteiger partial charge >= 0.3 is 0 Å². The molecule has 0 bridgehead atoms. The number of halogens is 2. The van der Waals surface area contributed by atoms with Crippen molar-refractivity contribution in [2.45, 2.75) is 88.8 Å². The second-order valence-electron chi connectivity index (χ2n) is 10.3. The van der Waals surface area contributed by atoms with E-state index in [-0.39, 0.29) is 6.17 Å². The largest absolute Gasteiger partial charge is 0.387 e. The van der Waals surface area contributed by atoms with Crippen molar-refractivity contribution < 1.29 is 19.7 Å². The van der Waals surface area contributed by atoms with Crippen LogP contribution in [-0.4, -0.2) is 83.1 Å². The number of rotatable bonds is 6. The quantitative estimate of drug-likeness (QED) is 0.504. The lowest BCUT2D eigenvalue weighted by Gasteiger charge is -2.46. The summed E-state index contributed by atoms with van der Waals surface area (Å²) < 4.78 is 12.6. The molecule has 4 aliphatic heterocycles. The molecule has 9 heteroatoms. The van der Waals surface area contributed by atoms with Gasteiger partial charge in [-0.3, -0.25) is 9.80 Å². The van der Waals surface area contributed by atoms with Crippen molar-refractivity contribution in [1.29, 1.82) is 0 Å². The third-order valence-electron chi connectivity index (χ3n) is 8.18. The van der Waals surface area contributed by atoms with Gasteiger partial charge in [0.1, 0.15) is 30.6 Å². The van der Waals surface area contributed by atoms with E-state index >= 15 is 0 Å². The number of fused-ring (bicyclic) bond motifs is 2. The molecule has 190 valence electrons. The van der Waals surface area contributed by atoms with Crippen LogP contribution < -0.4 is 5.32 Å². The summed E-state index contributed by atoms with van der Waals surface area (Å²) in [6, 6.07) is 4.09. The van der Waals surface area contributed by atoms with Crippen molar-refractivity contribution in [1.82, 2.24) is 15.1 Å². The molecule has 4 heterocycles. The molecule has 3 saturated heterocycles. The van der Waals surface area contributed by atoms with E-state index in [1.807, 2.05) is 12.1 Å². The number of benzene rings is 1. The van der Waals surface area contributed by atoms with E-state index in [1.165, 1.54) is 12.8 Å². The maximum absolute atomic E-state index is 11.2. The van der Waals surface area contributed by atoms with Crippen molar-refractivity contribution in [2.24, 2.45) is 5.92 Å². The summed E-state index contributed by atoms with van der Waals surface area (Å²) in [6.07, 6.45) is 1.67. The van der Waals surface area contributed by atoms with Gasteiger partial charge in [0.15, 0.2) is 0 Å². The van der Waals surface area contributed by atoms with Crippen molar-refractivity contribution in [3.8, 4) is 0 Å². The SMILES string of the molecule is CCCCCN1CNC(C)C2CCN([C@@H]3O[C@H]([C@@H]4OCCc5cc(Cl)c(Cl)cc54)[C@@H](O)[C@H]3O)C21. The van der Waals surface area contributed by atoms with E-state index < -0.39 is 30.6 Å². The smallest absolute Gasteiger partial charge is 0.141 e. The summed E-state index contributed by atoms with van der Waals surface area (Å²) in [5, 5.41) is 26.9. The number of likely N-dealkylation sites (tertiary alicyclic amines) is 1. The molecule has 1 aromatic rings. The Labute approximate surface area is 212 Å². The molecule has 3 fully saturated rings. The standard InChI is InChI=1S/C25H37Cl2N3O4/c1-3-4-5-8-29-13-28-14(2)16-6-9-30(24(16)29)25-21(32)20(31)23(34-25)22-17-12-19(27)18(26)11-15(17)7-10-33-22/h11-12,14,16,20-25,28,31-32H,3-10,13H2,1-2H3/t14?,16?,20-,21+,22+,23-,24?,25+/m0/s1. The van der Waals surface area contributed by atoms with Gasteiger partial charge < -0.3 is 25.0 Å². The number of aliphatic hydroxyl groups excluding tert-OH is 2. The number of nitrogens with one attached hydrogen (secondary N) is 1. The third-order valence-corrected chi connectivity index (χ3v) is 8.91. The summed E-state index contributed by atoms with van der Waals surface area (Å²) in [4.78, 5) is 4.76. The molecule has 5 rings (SSSR count). The van der Waals surface area contributed by atoms with Crippen molar-refractivity contribution in [3.05, 3.63) is 33.3 Å². The molecular weight excluding hydrogens is 477 g/mol. The summed E-state index contributed by atoms with van der Waals surface area (Å²) >= 11 is 12.6. The molecule has 0 aliphatic carbocycles. The Morgan fingerprint density at radius 3 is 2.74 bits per heavy atom. The fraction of sp³-hybridized carbons (Fsp3) is 0.760.